The molecule has 0 aliphatic carbocycles. The largest absolute Gasteiger partial charge is 0.496 e. The molecule has 1 fully saturated rings. The zero-order chi connectivity index (χ0) is 45.7. The molecule has 7 aromatic rings. The lowest BCUT2D eigenvalue weighted by atomic mass is 9.99. The second-order valence-electron chi connectivity index (χ2n) is 15.8. The van der Waals surface area contributed by atoms with E-state index in [1.807, 2.05) is 30.3 Å². The summed E-state index contributed by atoms with van der Waals surface area (Å²) in [5.74, 6) is 1.49. The van der Waals surface area contributed by atoms with Crippen LogP contribution in [0.2, 0.25) is 10.0 Å². The second kappa shape index (κ2) is 20.2. The van der Waals surface area contributed by atoms with E-state index in [1.165, 1.54) is 29.8 Å². The van der Waals surface area contributed by atoms with E-state index in [-0.39, 0.29) is 48.0 Å². The normalized spacial score (nSPS) is 16.8. The SMILES string of the molecule is CCOC(=O)[C@H]1Cc2cc(ccc2OCc2ccnc(-c3ccccc3OC)n2)OC[C@@H](CN2CCN(C)CC2)Oc2c(Cl)cc(cc2Cl)-c2c(-c3ccc(F)cc3)sc3ncnc(c23)O1. The van der Waals surface area contributed by atoms with Gasteiger partial charge in [-0.3, -0.25) is 4.90 Å². The van der Waals surface area contributed by atoms with Crippen LogP contribution in [0.5, 0.6) is 28.9 Å². The van der Waals surface area contributed by atoms with Crippen LogP contribution in [-0.4, -0.2) is 108 Å². The summed E-state index contributed by atoms with van der Waals surface area (Å²) in [7, 11) is 3.71. The number of methoxy groups -OCH3 is 1. The van der Waals surface area contributed by atoms with Crippen LogP contribution in [0.15, 0.2) is 97.5 Å². The summed E-state index contributed by atoms with van der Waals surface area (Å²) < 4.78 is 51.9. The van der Waals surface area contributed by atoms with Crippen molar-refractivity contribution in [1.29, 1.82) is 0 Å². The number of likely N-dealkylation sites (N-methyl/N-ethyl adjacent to an activating group) is 1. The average Bonchev–Trinajstić information content (AvgIpc) is 3.72. The standard InChI is InChI=1S/C49H45Cl2FN6O7S/c1-4-61-49(59)41-24-30-21-34(13-14-39(30)63-26-33-15-16-53-46(56-33)36-7-5-6-8-40(36)60-3)62-27-35(25-58-19-17-57(2)18-20-58)64-44-37(50)22-31(23-38(44)51)42-43-47(65-41)54-28-55-48(43)66-45(42)29-9-11-32(52)12-10-29/h5-16,21-23,28,35,41H,4,17-20,24-27H2,1-3H3/t35-,41-/m1/s1. The van der Waals surface area contributed by atoms with Crippen LogP contribution in [0, 0.1) is 5.82 Å². The minimum absolute atomic E-state index is 0.00935. The molecule has 0 spiro atoms. The van der Waals surface area contributed by atoms with E-state index in [1.54, 1.807) is 62.7 Å². The van der Waals surface area contributed by atoms with Crippen molar-refractivity contribution in [3.63, 3.8) is 0 Å². The Morgan fingerprint density at radius 2 is 1.70 bits per heavy atom. The van der Waals surface area contributed by atoms with Gasteiger partial charge in [-0.05, 0) is 85.8 Å². The Labute approximate surface area is 395 Å². The predicted octanol–water partition coefficient (Wildman–Crippen LogP) is 9.46. The molecule has 2 atom stereocenters. The molecule has 0 saturated carbocycles. The van der Waals surface area contributed by atoms with Crippen molar-refractivity contribution >= 4 is 50.7 Å². The number of thiophene rings is 1. The van der Waals surface area contributed by atoms with Crippen LogP contribution < -0.4 is 23.7 Å². The fourth-order valence-electron chi connectivity index (χ4n) is 7.97. The topological polar surface area (TPSA) is 130 Å². The van der Waals surface area contributed by atoms with E-state index >= 15 is 0 Å². The molecule has 0 N–H and O–H groups in total. The van der Waals surface area contributed by atoms with Gasteiger partial charge in [-0.1, -0.05) is 47.5 Å². The van der Waals surface area contributed by atoms with Crippen molar-refractivity contribution in [3.05, 3.63) is 125 Å². The Morgan fingerprint density at radius 3 is 2.47 bits per heavy atom. The Morgan fingerprint density at radius 1 is 0.909 bits per heavy atom. The van der Waals surface area contributed by atoms with Gasteiger partial charge < -0.3 is 33.3 Å². The van der Waals surface area contributed by atoms with Gasteiger partial charge in [0.2, 0.25) is 12.0 Å². The molecule has 66 heavy (non-hydrogen) atoms. The third-order valence-corrected chi connectivity index (χ3v) is 13.0. The molecule has 4 aromatic carbocycles. The van der Waals surface area contributed by atoms with E-state index in [4.69, 9.17) is 56.6 Å². The van der Waals surface area contributed by atoms with Crippen LogP contribution in [0.3, 0.4) is 0 Å². The third kappa shape index (κ3) is 10.0. The van der Waals surface area contributed by atoms with Crippen molar-refractivity contribution in [2.75, 3.05) is 60.1 Å². The van der Waals surface area contributed by atoms with Gasteiger partial charge in [0, 0.05) is 61.3 Å². The van der Waals surface area contributed by atoms with Gasteiger partial charge in [0.05, 0.1) is 40.4 Å². The van der Waals surface area contributed by atoms with Gasteiger partial charge in [0.15, 0.2) is 11.6 Å². The lowest BCUT2D eigenvalue weighted by Gasteiger charge is -2.34. The first-order chi connectivity index (χ1) is 32.1. The third-order valence-electron chi connectivity index (χ3n) is 11.3. The van der Waals surface area contributed by atoms with Crippen LogP contribution in [0.1, 0.15) is 18.2 Å². The van der Waals surface area contributed by atoms with Gasteiger partial charge in [0.1, 0.15) is 53.5 Å². The highest BCUT2D eigenvalue weighted by Crippen LogP contribution is 2.49. The first-order valence-electron chi connectivity index (χ1n) is 21.4. The zero-order valence-corrected chi connectivity index (χ0v) is 38.7. The number of nitrogens with zero attached hydrogens (tertiary/aromatic N) is 6. The number of benzene rings is 4. The zero-order valence-electron chi connectivity index (χ0n) is 36.3. The predicted molar refractivity (Wildman–Crippen MR) is 252 cm³/mol. The van der Waals surface area contributed by atoms with E-state index in [9.17, 15) is 9.18 Å². The number of rotatable bonds is 10. The van der Waals surface area contributed by atoms with Crippen molar-refractivity contribution < 1.29 is 37.6 Å². The number of carbonyl (C=O) groups is 1. The summed E-state index contributed by atoms with van der Waals surface area (Å²) in [6.45, 7) is 6.07. The number of fused-ring (bicyclic) bond motifs is 7. The summed E-state index contributed by atoms with van der Waals surface area (Å²) in [4.78, 5) is 38.4. The maximum absolute atomic E-state index is 14.3. The van der Waals surface area contributed by atoms with Crippen molar-refractivity contribution in [3.8, 4) is 61.8 Å². The molecule has 0 radical (unpaired) electrons. The van der Waals surface area contributed by atoms with Gasteiger partial charge >= 0.3 is 5.97 Å². The molecule has 340 valence electrons. The molecule has 1 saturated heterocycles. The summed E-state index contributed by atoms with van der Waals surface area (Å²) in [5, 5.41) is 1.03. The van der Waals surface area contributed by atoms with E-state index < -0.39 is 18.2 Å². The number of aromatic nitrogens is 4. The molecule has 3 aliphatic heterocycles. The minimum atomic E-state index is -1.22. The lowest BCUT2D eigenvalue weighted by Crippen LogP contribution is -2.49. The van der Waals surface area contributed by atoms with E-state index in [2.05, 4.69) is 31.8 Å². The van der Waals surface area contributed by atoms with Gasteiger partial charge in [0.25, 0.3) is 0 Å². The summed E-state index contributed by atoms with van der Waals surface area (Å²) >= 11 is 15.6. The Hall–Kier alpha value is -6.10. The number of halogens is 3. The number of esters is 1. The second-order valence-corrected chi connectivity index (χ2v) is 17.6. The van der Waals surface area contributed by atoms with Crippen LogP contribution >= 0.6 is 34.5 Å². The minimum Gasteiger partial charge on any atom is -0.496 e. The van der Waals surface area contributed by atoms with Crippen molar-refractivity contribution in [2.45, 2.75) is 32.2 Å². The summed E-state index contributed by atoms with van der Waals surface area (Å²) in [6, 6.07) is 24.4. The molecule has 6 heterocycles. The first-order valence-corrected chi connectivity index (χ1v) is 23.0. The van der Waals surface area contributed by atoms with E-state index in [0.717, 1.165) is 36.6 Å². The van der Waals surface area contributed by atoms with Gasteiger partial charge in [-0.25, -0.2) is 29.1 Å². The molecule has 13 nitrogen and oxygen atoms in total. The van der Waals surface area contributed by atoms with Crippen LogP contribution in [0.4, 0.5) is 4.39 Å². The highest BCUT2D eigenvalue weighted by molar-refractivity contribution is 7.22. The Bertz CT molecular complexity index is 2840. The summed E-state index contributed by atoms with van der Waals surface area (Å²) in [6.07, 6.45) is 1.30. The molecule has 0 amide bonds. The fourth-order valence-corrected chi connectivity index (χ4v) is 9.70. The lowest BCUT2D eigenvalue weighted by molar-refractivity contribution is -0.151. The fraction of sp³-hybridized carbons (Fsp3) is 0.286. The van der Waals surface area contributed by atoms with Crippen molar-refractivity contribution in [1.82, 2.24) is 29.7 Å². The highest BCUT2D eigenvalue weighted by atomic mass is 35.5. The molecule has 10 rings (SSSR count). The molecule has 3 aromatic heterocycles. The van der Waals surface area contributed by atoms with Gasteiger partial charge in [-0.2, -0.15) is 0 Å². The number of ether oxygens (including phenoxy) is 6. The number of hydrogen-bond acceptors (Lipinski definition) is 14. The monoisotopic (exact) mass is 950 g/mol. The van der Waals surface area contributed by atoms with Crippen LogP contribution in [-0.2, 0) is 22.6 Å². The Balaban J connectivity index is 1.15. The smallest absolute Gasteiger partial charge is 0.347 e. The maximum atomic E-state index is 14.3. The van der Waals surface area contributed by atoms with E-state index in [0.29, 0.717) is 73.5 Å². The highest BCUT2D eigenvalue weighted by Gasteiger charge is 2.31. The molecule has 4 bridgehead atoms. The van der Waals surface area contributed by atoms with Crippen LogP contribution in [0.25, 0.3) is 43.2 Å². The molecule has 17 heteroatoms. The van der Waals surface area contributed by atoms with Crippen molar-refractivity contribution in [2.24, 2.45) is 0 Å². The summed E-state index contributed by atoms with van der Waals surface area (Å²) in [5.41, 5.74) is 3.88. The number of hydrogen-bond donors (Lipinski definition) is 0. The maximum Gasteiger partial charge on any atom is 0.347 e. The first kappa shape index (κ1) is 45.1. The molecular formula is C49H45Cl2FN6O7S. The molecular weight excluding hydrogens is 907 g/mol. The number of piperazine rings is 1. The Kier molecular flexibility index (Phi) is 13.8. The number of carbonyl (C=O) groups excluding carboxylic acids is 1. The molecule has 0 unspecified atom stereocenters. The molecule has 3 aliphatic rings. The van der Waals surface area contributed by atoms with Gasteiger partial charge in [-0.15, -0.1) is 11.3 Å². The average molecular weight is 952 g/mol. The number of para-hydroxylation sites is 1. The quantitative estimate of drug-likeness (QED) is 0.121.